The highest BCUT2D eigenvalue weighted by molar-refractivity contribution is 6.33. The third-order valence-electron chi connectivity index (χ3n) is 4.96. The first-order chi connectivity index (χ1) is 13.7. The number of halogens is 1. The summed E-state index contributed by atoms with van der Waals surface area (Å²) in [6, 6.07) is 13.4. The molecule has 1 N–H and O–H groups in total. The Labute approximate surface area is 170 Å². The predicted molar refractivity (Wildman–Crippen MR) is 111 cm³/mol. The molecule has 0 bridgehead atoms. The minimum absolute atomic E-state index is 0.0271. The molecule has 7 heteroatoms. The molecular formula is C21H24ClN3O3. The summed E-state index contributed by atoms with van der Waals surface area (Å²) in [5, 5.41) is 3.73. The number of fused-ring (bicyclic) bond motifs is 1. The molecule has 1 saturated heterocycles. The minimum Gasteiger partial charge on any atom is -0.490 e. The Kier molecular flexibility index (Phi) is 5.88. The maximum Gasteiger partial charge on any atom is 0.238 e. The minimum atomic E-state index is -0.0271. The molecular weight excluding hydrogens is 378 g/mol. The van der Waals surface area contributed by atoms with Crippen LogP contribution in [0.25, 0.3) is 0 Å². The van der Waals surface area contributed by atoms with Crippen LogP contribution < -0.4 is 19.7 Å². The Morgan fingerprint density at radius 3 is 2.54 bits per heavy atom. The maximum absolute atomic E-state index is 12.5. The number of nitrogens with one attached hydrogen (secondary N) is 1. The Morgan fingerprint density at radius 1 is 1.00 bits per heavy atom. The Bertz CT molecular complexity index is 837. The summed E-state index contributed by atoms with van der Waals surface area (Å²) >= 11 is 6.29. The number of nitrogens with zero attached hydrogens (tertiary/aromatic N) is 2. The van der Waals surface area contributed by atoms with Crippen LogP contribution in [0.2, 0.25) is 5.02 Å². The fourth-order valence-electron chi connectivity index (χ4n) is 3.50. The van der Waals surface area contributed by atoms with E-state index < -0.39 is 0 Å². The first-order valence-electron chi connectivity index (χ1n) is 9.60. The van der Waals surface area contributed by atoms with Crippen LogP contribution in [0.4, 0.5) is 11.4 Å². The van der Waals surface area contributed by atoms with E-state index in [0.717, 1.165) is 54.7 Å². The average molecular weight is 402 g/mol. The lowest BCUT2D eigenvalue weighted by atomic mass is 10.2. The Hall–Kier alpha value is -2.44. The van der Waals surface area contributed by atoms with Crippen LogP contribution in [0.3, 0.4) is 0 Å². The van der Waals surface area contributed by atoms with Crippen LogP contribution in [-0.4, -0.2) is 56.7 Å². The van der Waals surface area contributed by atoms with Crippen molar-refractivity contribution < 1.29 is 14.3 Å². The van der Waals surface area contributed by atoms with Crippen LogP contribution in [0.15, 0.2) is 42.5 Å². The van der Waals surface area contributed by atoms with Crippen LogP contribution in [0, 0.1) is 0 Å². The second-order valence-corrected chi connectivity index (χ2v) is 7.38. The molecule has 0 spiro atoms. The molecule has 2 aliphatic rings. The predicted octanol–water partition coefficient (Wildman–Crippen LogP) is 3.26. The number of anilines is 2. The number of amides is 1. The summed E-state index contributed by atoms with van der Waals surface area (Å²) in [5.41, 5.74) is 1.78. The van der Waals surface area contributed by atoms with Gasteiger partial charge in [-0.3, -0.25) is 9.69 Å². The average Bonchev–Trinajstić information content (AvgIpc) is 2.94. The summed E-state index contributed by atoms with van der Waals surface area (Å²) in [4.78, 5) is 16.9. The standard InChI is InChI=1S/C21H24ClN3O3/c22-17-4-1-2-5-18(17)25-10-8-24(9-11-25)15-21(26)23-16-6-7-19-20(14-16)28-13-3-12-27-19/h1-2,4-7,14H,3,8-13,15H2,(H,23,26). The van der Waals surface area contributed by atoms with Gasteiger partial charge in [0.15, 0.2) is 11.5 Å². The summed E-state index contributed by atoms with van der Waals surface area (Å²) in [7, 11) is 0. The van der Waals surface area contributed by atoms with E-state index in [4.69, 9.17) is 21.1 Å². The third-order valence-corrected chi connectivity index (χ3v) is 5.28. The van der Waals surface area contributed by atoms with Crippen molar-refractivity contribution in [2.45, 2.75) is 6.42 Å². The molecule has 0 saturated carbocycles. The molecule has 0 aromatic heterocycles. The zero-order chi connectivity index (χ0) is 19.3. The van der Waals surface area contributed by atoms with Gasteiger partial charge in [0.25, 0.3) is 0 Å². The van der Waals surface area contributed by atoms with Crippen molar-refractivity contribution in [2.24, 2.45) is 0 Å². The van der Waals surface area contributed by atoms with Gasteiger partial charge in [-0.15, -0.1) is 0 Å². The van der Waals surface area contributed by atoms with Crippen LogP contribution >= 0.6 is 11.6 Å². The third kappa shape index (κ3) is 4.51. The zero-order valence-corrected chi connectivity index (χ0v) is 16.5. The number of piperazine rings is 1. The number of hydrogen-bond donors (Lipinski definition) is 1. The molecule has 0 radical (unpaired) electrons. The smallest absolute Gasteiger partial charge is 0.238 e. The van der Waals surface area contributed by atoms with E-state index in [2.05, 4.69) is 15.1 Å². The van der Waals surface area contributed by atoms with Crippen molar-refractivity contribution >= 4 is 28.9 Å². The molecule has 6 nitrogen and oxygen atoms in total. The maximum atomic E-state index is 12.5. The van der Waals surface area contributed by atoms with E-state index in [1.54, 1.807) is 0 Å². The lowest BCUT2D eigenvalue weighted by molar-refractivity contribution is -0.117. The monoisotopic (exact) mass is 401 g/mol. The van der Waals surface area contributed by atoms with E-state index in [9.17, 15) is 4.79 Å². The number of benzene rings is 2. The number of carbonyl (C=O) groups is 1. The SMILES string of the molecule is O=C(CN1CCN(c2ccccc2Cl)CC1)Nc1ccc2c(c1)OCCCO2. The summed E-state index contributed by atoms with van der Waals surface area (Å²) < 4.78 is 11.3. The molecule has 2 heterocycles. The fourth-order valence-corrected chi connectivity index (χ4v) is 3.75. The van der Waals surface area contributed by atoms with E-state index in [1.807, 2.05) is 42.5 Å². The van der Waals surface area contributed by atoms with Gasteiger partial charge in [-0.05, 0) is 24.3 Å². The summed E-state index contributed by atoms with van der Waals surface area (Å²) in [6.45, 7) is 4.98. The molecule has 148 valence electrons. The number of carbonyl (C=O) groups excluding carboxylic acids is 1. The molecule has 0 unspecified atom stereocenters. The van der Waals surface area contributed by atoms with Gasteiger partial charge in [0.05, 0.1) is 30.5 Å². The van der Waals surface area contributed by atoms with Crippen LogP contribution in [-0.2, 0) is 4.79 Å². The molecule has 0 aliphatic carbocycles. The molecule has 2 aliphatic heterocycles. The van der Waals surface area contributed by atoms with E-state index in [1.165, 1.54) is 0 Å². The lowest BCUT2D eigenvalue weighted by Gasteiger charge is -2.36. The summed E-state index contributed by atoms with van der Waals surface area (Å²) in [5.74, 6) is 1.38. The number of rotatable bonds is 4. The van der Waals surface area contributed by atoms with Crippen LogP contribution in [0.1, 0.15) is 6.42 Å². The molecule has 28 heavy (non-hydrogen) atoms. The van der Waals surface area contributed by atoms with Crippen molar-refractivity contribution in [1.29, 1.82) is 0 Å². The molecule has 4 rings (SSSR count). The normalized spacial score (nSPS) is 17.1. The molecule has 1 fully saturated rings. The van der Waals surface area contributed by atoms with Crippen molar-refractivity contribution in [3.63, 3.8) is 0 Å². The fraction of sp³-hybridized carbons (Fsp3) is 0.381. The van der Waals surface area contributed by atoms with Crippen molar-refractivity contribution in [3.05, 3.63) is 47.5 Å². The van der Waals surface area contributed by atoms with Gasteiger partial charge in [0.1, 0.15) is 0 Å². The largest absolute Gasteiger partial charge is 0.490 e. The van der Waals surface area contributed by atoms with Gasteiger partial charge >= 0.3 is 0 Å². The zero-order valence-electron chi connectivity index (χ0n) is 15.7. The number of para-hydroxylation sites is 1. The van der Waals surface area contributed by atoms with Gasteiger partial charge in [-0.1, -0.05) is 23.7 Å². The van der Waals surface area contributed by atoms with Gasteiger partial charge in [-0.2, -0.15) is 0 Å². The number of ether oxygens (including phenoxy) is 2. The van der Waals surface area contributed by atoms with Gasteiger partial charge in [0.2, 0.25) is 5.91 Å². The molecule has 1 amide bonds. The summed E-state index contributed by atoms with van der Waals surface area (Å²) in [6.07, 6.45) is 0.858. The second-order valence-electron chi connectivity index (χ2n) is 6.97. The Morgan fingerprint density at radius 2 is 1.75 bits per heavy atom. The van der Waals surface area contributed by atoms with E-state index in [-0.39, 0.29) is 5.91 Å². The van der Waals surface area contributed by atoms with Crippen molar-refractivity contribution in [2.75, 3.05) is 56.2 Å². The molecule has 0 atom stereocenters. The quantitative estimate of drug-likeness (QED) is 0.852. The number of hydrogen-bond acceptors (Lipinski definition) is 5. The van der Waals surface area contributed by atoms with Gasteiger partial charge in [0, 0.05) is 44.4 Å². The van der Waals surface area contributed by atoms with E-state index >= 15 is 0 Å². The second kappa shape index (κ2) is 8.71. The van der Waals surface area contributed by atoms with Crippen molar-refractivity contribution in [3.8, 4) is 11.5 Å². The first-order valence-corrected chi connectivity index (χ1v) is 9.98. The highest BCUT2D eigenvalue weighted by Crippen LogP contribution is 2.32. The highest BCUT2D eigenvalue weighted by atomic mass is 35.5. The van der Waals surface area contributed by atoms with Crippen LogP contribution in [0.5, 0.6) is 11.5 Å². The first kappa shape index (κ1) is 18.9. The van der Waals surface area contributed by atoms with Gasteiger partial charge in [-0.25, -0.2) is 0 Å². The Balaban J connectivity index is 1.29. The van der Waals surface area contributed by atoms with Crippen molar-refractivity contribution in [1.82, 2.24) is 4.90 Å². The highest BCUT2D eigenvalue weighted by Gasteiger charge is 2.21. The lowest BCUT2D eigenvalue weighted by Crippen LogP contribution is -2.48. The van der Waals surface area contributed by atoms with E-state index in [0.29, 0.717) is 25.5 Å². The molecule has 2 aromatic rings. The van der Waals surface area contributed by atoms with Gasteiger partial charge < -0.3 is 19.7 Å². The molecule has 2 aromatic carbocycles. The topological polar surface area (TPSA) is 54.0 Å².